The van der Waals surface area contributed by atoms with Crippen LogP contribution < -0.4 is 4.90 Å². The Hall–Kier alpha value is -0.990. The Morgan fingerprint density at radius 3 is 2.15 bits per heavy atom. The van der Waals surface area contributed by atoms with Gasteiger partial charge in [-0.2, -0.15) is 5.10 Å². The maximum atomic E-state index is 4.47. The number of hydrogen-bond acceptors (Lipinski definition) is 2. The van der Waals surface area contributed by atoms with Gasteiger partial charge in [-0.15, -0.1) is 0 Å². The molecule has 1 aromatic heterocycles. The van der Waals surface area contributed by atoms with Crippen LogP contribution in [0.5, 0.6) is 0 Å². The molecule has 0 aliphatic carbocycles. The van der Waals surface area contributed by atoms with Crippen LogP contribution >= 0.6 is 0 Å². The number of rotatable bonds is 2. The lowest BCUT2D eigenvalue weighted by atomic mass is 10.2. The summed E-state index contributed by atoms with van der Waals surface area (Å²) in [5, 5.41) is 4.47. The van der Waals surface area contributed by atoms with Crippen molar-refractivity contribution in [1.29, 1.82) is 0 Å². The minimum Gasteiger partial charge on any atom is -0.356 e. The van der Waals surface area contributed by atoms with Crippen LogP contribution in [0.1, 0.15) is 25.1 Å². The summed E-state index contributed by atoms with van der Waals surface area (Å²) < 4.78 is 1.93. The number of nitrogens with zero attached hydrogens (tertiary/aromatic N) is 3. The van der Waals surface area contributed by atoms with Crippen molar-refractivity contribution in [3.05, 3.63) is 11.3 Å². The highest BCUT2D eigenvalue weighted by molar-refractivity contribution is 5.48. The van der Waals surface area contributed by atoms with Gasteiger partial charge in [-0.25, -0.2) is 0 Å². The molecule has 3 heteroatoms. The monoisotopic (exact) mass is 181 g/mol. The van der Waals surface area contributed by atoms with E-state index in [9.17, 15) is 0 Å². The first-order valence-corrected chi connectivity index (χ1v) is 4.68. The van der Waals surface area contributed by atoms with Crippen LogP contribution in [0.25, 0.3) is 0 Å². The first-order valence-electron chi connectivity index (χ1n) is 4.68. The quantitative estimate of drug-likeness (QED) is 0.694. The molecule has 0 aromatic carbocycles. The van der Waals surface area contributed by atoms with Crippen LogP contribution in [0.15, 0.2) is 0 Å². The van der Waals surface area contributed by atoms with Crippen LogP contribution in [0.3, 0.4) is 0 Å². The molecule has 74 valence electrons. The van der Waals surface area contributed by atoms with Crippen molar-refractivity contribution in [3.63, 3.8) is 0 Å². The van der Waals surface area contributed by atoms with Gasteiger partial charge in [0.25, 0.3) is 0 Å². The third kappa shape index (κ3) is 1.69. The molecule has 0 aliphatic heterocycles. The molecule has 0 aliphatic rings. The molecule has 0 atom stereocenters. The topological polar surface area (TPSA) is 21.1 Å². The maximum absolute atomic E-state index is 4.47. The Bertz CT molecular complexity index is 299. The second-order valence-corrected chi connectivity index (χ2v) is 3.86. The smallest absolute Gasteiger partial charge is 0.153 e. The highest BCUT2D eigenvalue weighted by Crippen LogP contribution is 2.20. The Morgan fingerprint density at radius 2 is 1.85 bits per heavy atom. The predicted molar refractivity (Wildman–Crippen MR) is 56.2 cm³/mol. The van der Waals surface area contributed by atoms with Crippen LogP contribution in [0.2, 0.25) is 0 Å². The lowest BCUT2D eigenvalue weighted by Gasteiger charge is -2.21. The normalized spacial score (nSPS) is 11.0. The minimum absolute atomic E-state index is 0.494. The fourth-order valence-electron chi connectivity index (χ4n) is 1.28. The average Bonchev–Trinajstić information content (AvgIpc) is 2.31. The van der Waals surface area contributed by atoms with E-state index in [0.717, 1.165) is 5.82 Å². The first-order chi connectivity index (χ1) is 5.95. The van der Waals surface area contributed by atoms with Gasteiger partial charge in [-0.1, -0.05) is 0 Å². The van der Waals surface area contributed by atoms with Gasteiger partial charge in [0.05, 0.1) is 0 Å². The highest BCUT2D eigenvalue weighted by atomic mass is 15.3. The highest BCUT2D eigenvalue weighted by Gasteiger charge is 2.14. The number of aromatic nitrogens is 2. The Morgan fingerprint density at radius 1 is 1.31 bits per heavy atom. The van der Waals surface area contributed by atoms with Gasteiger partial charge in [0, 0.05) is 31.4 Å². The molecule has 1 rings (SSSR count). The van der Waals surface area contributed by atoms with Crippen molar-refractivity contribution in [2.45, 2.75) is 33.7 Å². The van der Waals surface area contributed by atoms with E-state index in [4.69, 9.17) is 0 Å². The molecule has 3 nitrogen and oxygen atoms in total. The van der Waals surface area contributed by atoms with E-state index >= 15 is 0 Å². The summed E-state index contributed by atoms with van der Waals surface area (Å²) in [4.78, 5) is 2.20. The zero-order valence-electron chi connectivity index (χ0n) is 9.42. The molecule has 0 saturated carbocycles. The molecular weight excluding hydrogens is 162 g/mol. The van der Waals surface area contributed by atoms with E-state index in [-0.39, 0.29) is 0 Å². The SMILES string of the molecule is Cc1c(N(C)C(C)C)nn(C)c1C. The van der Waals surface area contributed by atoms with E-state index < -0.39 is 0 Å². The van der Waals surface area contributed by atoms with Crippen LogP contribution in [0, 0.1) is 13.8 Å². The van der Waals surface area contributed by atoms with Gasteiger partial charge in [0.1, 0.15) is 0 Å². The summed E-state index contributed by atoms with van der Waals surface area (Å²) in [6.45, 7) is 8.56. The van der Waals surface area contributed by atoms with Gasteiger partial charge in [0.15, 0.2) is 5.82 Å². The van der Waals surface area contributed by atoms with E-state index in [2.05, 4.69) is 44.7 Å². The molecule has 1 aromatic rings. The molecule has 0 radical (unpaired) electrons. The average molecular weight is 181 g/mol. The van der Waals surface area contributed by atoms with Crippen molar-refractivity contribution in [2.75, 3.05) is 11.9 Å². The minimum atomic E-state index is 0.494. The molecule has 0 unspecified atom stereocenters. The van der Waals surface area contributed by atoms with Crippen molar-refractivity contribution in [1.82, 2.24) is 9.78 Å². The lowest BCUT2D eigenvalue weighted by Crippen LogP contribution is -2.26. The van der Waals surface area contributed by atoms with E-state index in [1.165, 1.54) is 11.3 Å². The second kappa shape index (κ2) is 3.40. The van der Waals surface area contributed by atoms with Crippen LogP contribution in [0.4, 0.5) is 5.82 Å². The maximum Gasteiger partial charge on any atom is 0.153 e. The van der Waals surface area contributed by atoms with Crippen molar-refractivity contribution in [2.24, 2.45) is 7.05 Å². The zero-order valence-corrected chi connectivity index (χ0v) is 9.42. The fraction of sp³-hybridized carbons (Fsp3) is 0.700. The summed E-state index contributed by atoms with van der Waals surface area (Å²) in [5.74, 6) is 1.09. The molecule has 0 N–H and O–H groups in total. The van der Waals surface area contributed by atoms with Gasteiger partial charge >= 0.3 is 0 Å². The van der Waals surface area contributed by atoms with Crippen LogP contribution in [-0.4, -0.2) is 22.9 Å². The molecule has 1 heterocycles. The molecular formula is C10H19N3. The fourth-order valence-corrected chi connectivity index (χ4v) is 1.28. The summed E-state index contributed by atoms with van der Waals surface area (Å²) >= 11 is 0. The summed E-state index contributed by atoms with van der Waals surface area (Å²) in [7, 11) is 4.07. The van der Waals surface area contributed by atoms with Crippen molar-refractivity contribution in [3.8, 4) is 0 Å². The lowest BCUT2D eigenvalue weighted by molar-refractivity contribution is 0.700. The van der Waals surface area contributed by atoms with E-state index in [0.29, 0.717) is 6.04 Å². The van der Waals surface area contributed by atoms with Gasteiger partial charge in [0.2, 0.25) is 0 Å². The second-order valence-electron chi connectivity index (χ2n) is 3.86. The number of aryl methyl sites for hydroxylation is 1. The van der Waals surface area contributed by atoms with Crippen molar-refractivity contribution < 1.29 is 0 Å². The third-order valence-electron chi connectivity index (χ3n) is 2.72. The van der Waals surface area contributed by atoms with E-state index in [1.807, 2.05) is 11.7 Å². The standard InChI is InChI=1S/C10H19N3/c1-7(2)12(5)10-8(3)9(4)13(6)11-10/h7H,1-6H3. The summed E-state index contributed by atoms with van der Waals surface area (Å²) in [6.07, 6.45) is 0. The molecule has 0 saturated heterocycles. The molecule has 13 heavy (non-hydrogen) atoms. The zero-order chi connectivity index (χ0) is 10.2. The Balaban J connectivity index is 3.08. The molecule has 0 spiro atoms. The first kappa shape index (κ1) is 10.1. The largest absolute Gasteiger partial charge is 0.356 e. The van der Waals surface area contributed by atoms with Gasteiger partial charge in [-0.05, 0) is 27.7 Å². The van der Waals surface area contributed by atoms with Crippen molar-refractivity contribution >= 4 is 5.82 Å². The number of anilines is 1. The predicted octanol–water partition coefficient (Wildman–Crippen LogP) is 1.88. The summed E-state index contributed by atoms with van der Waals surface area (Å²) in [5.41, 5.74) is 2.52. The van der Waals surface area contributed by atoms with E-state index in [1.54, 1.807) is 0 Å². The number of hydrogen-bond donors (Lipinski definition) is 0. The summed E-state index contributed by atoms with van der Waals surface area (Å²) in [6, 6.07) is 0.494. The van der Waals surface area contributed by atoms with Gasteiger partial charge in [-0.3, -0.25) is 4.68 Å². The van der Waals surface area contributed by atoms with Crippen LogP contribution in [-0.2, 0) is 7.05 Å². The molecule has 0 fully saturated rings. The van der Waals surface area contributed by atoms with Gasteiger partial charge < -0.3 is 4.90 Å². The molecule has 0 bridgehead atoms. The third-order valence-corrected chi connectivity index (χ3v) is 2.72. The Labute approximate surface area is 80.4 Å². The Kier molecular flexibility index (Phi) is 2.64. The molecule has 0 amide bonds.